The first-order chi connectivity index (χ1) is 13.5. The number of piperazine rings is 1. The van der Waals surface area contributed by atoms with Gasteiger partial charge in [-0.3, -0.25) is 9.69 Å². The molecule has 1 fully saturated rings. The second-order valence-electron chi connectivity index (χ2n) is 6.90. The molecule has 6 nitrogen and oxygen atoms in total. The summed E-state index contributed by atoms with van der Waals surface area (Å²) < 4.78 is 12.9. The highest BCUT2D eigenvalue weighted by Crippen LogP contribution is 2.10. The van der Waals surface area contributed by atoms with Gasteiger partial charge in [-0.1, -0.05) is 24.3 Å². The van der Waals surface area contributed by atoms with Gasteiger partial charge in [0.1, 0.15) is 5.82 Å². The van der Waals surface area contributed by atoms with E-state index in [4.69, 9.17) is 0 Å². The summed E-state index contributed by atoms with van der Waals surface area (Å²) in [6.07, 6.45) is 0. The number of hydrogen-bond acceptors (Lipinski definition) is 3. The Hall–Kier alpha value is -2.93. The summed E-state index contributed by atoms with van der Waals surface area (Å²) >= 11 is 0. The van der Waals surface area contributed by atoms with Crippen LogP contribution >= 0.6 is 0 Å². The van der Waals surface area contributed by atoms with E-state index in [-0.39, 0.29) is 24.3 Å². The highest BCUT2D eigenvalue weighted by atomic mass is 19.1. The molecule has 0 spiro atoms. The molecule has 3 rings (SSSR count). The zero-order chi connectivity index (χ0) is 19.9. The highest BCUT2D eigenvalue weighted by Gasteiger charge is 2.22. The zero-order valence-electron chi connectivity index (χ0n) is 16.0. The SMILES string of the molecule is Cc1ccccc1CNC(=O)N1CCN(CC(=O)Nc2ccc(F)cc2)CC1. The van der Waals surface area contributed by atoms with Crippen molar-refractivity contribution in [2.45, 2.75) is 13.5 Å². The van der Waals surface area contributed by atoms with Crippen molar-refractivity contribution in [3.05, 3.63) is 65.5 Å². The Morgan fingerprint density at radius 1 is 1.00 bits per heavy atom. The van der Waals surface area contributed by atoms with Gasteiger partial charge in [-0.25, -0.2) is 9.18 Å². The summed E-state index contributed by atoms with van der Waals surface area (Å²) in [6.45, 7) is 5.19. The number of hydrogen-bond donors (Lipinski definition) is 2. The van der Waals surface area contributed by atoms with Crippen LogP contribution in [-0.4, -0.2) is 54.5 Å². The fraction of sp³-hybridized carbons (Fsp3) is 0.333. The van der Waals surface area contributed by atoms with Crippen LogP contribution in [0.2, 0.25) is 0 Å². The maximum Gasteiger partial charge on any atom is 0.317 e. The maximum atomic E-state index is 12.9. The minimum absolute atomic E-state index is 0.0846. The van der Waals surface area contributed by atoms with E-state index in [9.17, 15) is 14.0 Å². The maximum absolute atomic E-state index is 12.9. The van der Waals surface area contributed by atoms with Gasteiger partial charge >= 0.3 is 6.03 Å². The minimum Gasteiger partial charge on any atom is -0.334 e. The second kappa shape index (κ2) is 9.32. The monoisotopic (exact) mass is 384 g/mol. The molecule has 0 aliphatic carbocycles. The number of carbonyl (C=O) groups excluding carboxylic acids is 2. The summed E-state index contributed by atoms with van der Waals surface area (Å²) in [5.41, 5.74) is 2.83. The Balaban J connectivity index is 1.40. The Morgan fingerprint density at radius 2 is 1.68 bits per heavy atom. The number of nitrogens with zero attached hydrogens (tertiary/aromatic N) is 2. The van der Waals surface area contributed by atoms with E-state index in [2.05, 4.69) is 10.6 Å². The molecule has 0 aromatic heterocycles. The largest absolute Gasteiger partial charge is 0.334 e. The van der Waals surface area contributed by atoms with E-state index in [0.717, 1.165) is 11.1 Å². The molecule has 28 heavy (non-hydrogen) atoms. The number of amides is 3. The van der Waals surface area contributed by atoms with Crippen LogP contribution < -0.4 is 10.6 Å². The van der Waals surface area contributed by atoms with Gasteiger partial charge in [0.2, 0.25) is 5.91 Å². The van der Waals surface area contributed by atoms with Gasteiger partial charge < -0.3 is 15.5 Å². The van der Waals surface area contributed by atoms with Crippen LogP contribution in [0.4, 0.5) is 14.9 Å². The number of nitrogens with one attached hydrogen (secondary N) is 2. The normalized spacial score (nSPS) is 14.6. The van der Waals surface area contributed by atoms with Crippen LogP contribution in [0.1, 0.15) is 11.1 Å². The van der Waals surface area contributed by atoms with Gasteiger partial charge in [-0.2, -0.15) is 0 Å². The van der Waals surface area contributed by atoms with Gasteiger partial charge in [0.05, 0.1) is 6.54 Å². The van der Waals surface area contributed by atoms with Gasteiger partial charge in [-0.15, -0.1) is 0 Å². The van der Waals surface area contributed by atoms with E-state index in [1.165, 1.54) is 24.3 Å². The number of halogens is 1. The number of rotatable bonds is 5. The van der Waals surface area contributed by atoms with Crippen molar-refractivity contribution in [2.24, 2.45) is 0 Å². The summed E-state index contributed by atoms with van der Waals surface area (Å²) in [6, 6.07) is 13.6. The molecule has 0 unspecified atom stereocenters. The van der Waals surface area contributed by atoms with Crippen LogP contribution in [0.15, 0.2) is 48.5 Å². The smallest absolute Gasteiger partial charge is 0.317 e. The molecular formula is C21H25FN4O2. The first-order valence-corrected chi connectivity index (χ1v) is 9.36. The van der Waals surface area contributed by atoms with E-state index < -0.39 is 0 Å². The lowest BCUT2D eigenvalue weighted by atomic mass is 10.1. The summed E-state index contributed by atoms with van der Waals surface area (Å²) in [4.78, 5) is 28.3. The third-order valence-corrected chi connectivity index (χ3v) is 4.85. The summed E-state index contributed by atoms with van der Waals surface area (Å²) in [7, 11) is 0. The molecule has 0 bridgehead atoms. The molecule has 1 saturated heterocycles. The second-order valence-corrected chi connectivity index (χ2v) is 6.90. The predicted molar refractivity (Wildman–Crippen MR) is 106 cm³/mol. The van der Waals surface area contributed by atoms with Crippen LogP contribution in [-0.2, 0) is 11.3 Å². The van der Waals surface area contributed by atoms with Crippen LogP contribution in [0.5, 0.6) is 0 Å². The van der Waals surface area contributed by atoms with Crippen molar-refractivity contribution in [1.82, 2.24) is 15.1 Å². The zero-order valence-corrected chi connectivity index (χ0v) is 16.0. The molecule has 1 heterocycles. The van der Waals surface area contributed by atoms with Crippen molar-refractivity contribution < 1.29 is 14.0 Å². The minimum atomic E-state index is -0.338. The Morgan fingerprint density at radius 3 is 2.36 bits per heavy atom. The lowest BCUT2D eigenvalue weighted by Gasteiger charge is -2.34. The molecule has 7 heteroatoms. The van der Waals surface area contributed by atoms with E-state index in [1.54, 1.807) is 4.90 Å². The van der Waals surface area contributed by atoms with E-state index in [0.29, 0.717) is 38.4 Å². The van der Waals surface area contributed by atoms with E-state index >= 15 is 0 Å². The van der Waals surface area contributed by atoms with Crippen molar-refractivity contribution >= 4 is 17.6 Å². The first-order valence-electron chi connectivity index (χ1n) is 9.36. The Bertz CT molecular complexity index is 817. The third-order valence-electron chi connectivity index (χ3n) is 4.85. The Kier molecular flexibility index (Phi) is 6.60. The molecule has 2 aromatic carbocycles. The first kappa shape index (κ1) is 19.8. The van der Waals surface area contributed by atoms with Gasteiger partial charge in [0.25, 0.3) is 0 Å². The molecule has 2 N–H and O–H groups in total. The Labute approximate surface area is 164 Å². The van der Waals surface area contributed by atoms with Gasteiger partial charge in [0, 0.05) is 38.4 Å². The molecule has 1 aliphatic rings. The van der Waals surface area contributed by atoms with Gasteiger partial charge in [-0.05, 0) is 42.3 Å². The predicted octanol–water partition coefficient (Wildman–Crippen LogP) is 2.60. The molecule has 0 atom stereocenters. The van der Waals surface area contributed by atoms with Crippen molar-refractivity contribution in [3.63, 3.8) is 0 Å². The van der Waals surface area contributed by atoms with Gasteiger partial charge in [0.15, 0.2) is 0 Å². The van der Waals surface area contributed by atoms with Crippen LogP contribution in [0, 0.1) is 12.7 Å². The summed E-state index contributed by atoms with van der Waals surface area (Å²) in [5, 5.41) is 5.71. The fourth-order valence-electron chi connectivity index (χ4n) is 3.14. The van der Waals surface area contributed by atoms with Crippen molar-refractivity contribution in [3.8, 4) is 0 Å². The van der Waals surface area contributed by atoms with Crippen LogP contribution in [0.3, 0.4) is 0 Å². The summed E-state index contributed by atoms with van der Waals surface area (Å²) in [5.74, 6) is -0.487. The molecule has 2 aromatic rings. The van der Waals surface area contributed by atoms with Crippen molar-refractivity contribution in [1.29, 1.82) is 0 Å². The number of anilines is 1. The average molecular weight is 384 g/mol. The average Bonchev–Trinajstić information content (AvgIpc) is 2.69. The van der Waals surface area contributed by atoms with E-state index in [1.807, 2.05) is 36.1 Å². The standard InChI is InChI=1S/C21H25FN4O2/c1-16-4-2-3-5-17(16)14-23-21(28)26-12-10-25(11-13-26)15-20(27)24-19-8-6-18(22)7-9-19/h2-9H,10-15H2,1H3,(H,23,28)(H,24,27). The highest BCUT2D eigenvalue weighted by molar-refractivity contribution is 5.92. The molecule has 1 aliphatic heterocycles. The topological polar surface area (TPSA) is 64.7 Å². The van der Waals surface area contributed by atoms with Crippen LogP contribution in [0.25, 0.3) is 0 Å². The quantitative estimate of drug-likeness (QED) is 0.833. The molecule has 148 valence electrons. The number of urea groups is 1. The molecular weight excluding hydrogens is 359 g/mol. The molecule has 0 radical (unpaired) electrons. The lowest BCUT2D eigenvalue weighted by Crippen LogP contribution is -2.52. The fourth-order valence-corrected chi connectivity index (χ4v) is 3.14. The van der Waals surface area contributed by atoms with Crippen molar-refractivity contribution in [2.75, 3.05) is 38.0 Å². The molecule has 0 saturated carbocycles. The number of aryl methyl sites for hydroxylation is 1. The number of benzene rings is 2. The number of carbonyl (C=O) groups is 2. The molecule has 3 amide bonds. The lowest BCUT2D eigenvalue weighted by molar-refractivity contribution is -0.117. The third kappa shape index (κ3) is 5.53.